The second-order valence-corrected chi connectivity index (χ2v) is 8.22. The number of ether oxygens (including phenoxy) is 1. The molecule has 1 aromatic heterocycles. The van der Waals surface area contributed by atoms with E-state index in [2.05, 4.69) is 10.1 Å². The van der Waals surface area contributed by atoms with E-state index in [0.29, 0.717) is 17.8 Å². The lowest BCUT2D eigenvalue weighted by Crippen LogP contribution is -2.31. The van der Waals surface area contributed by atoms with Gasteiger partial charge in [0.1, 0.15) is 5.75 Å². The molecule has 4 rings (SSSR count). The quantitative estimate of drug-likeness (QED) is 0.529. The summed E-state index contributed by atoms with van der Waals surface area (Å²) in [4.78, 5) is 28.5. The average molecular weight is 460 g/mol. The SMILES string of the molecule is O=C(Nc1ccc(C(=O)N2CCCCc3sccc32)cc1)c1ccccc1OC(F)(F)F. The normalized spacial score (nSPS) is 13.8. The maximum atomic E-state index is 13.1. The smallest absolute Gasteiger partial charge is 0.405 e. The van der Waals surface area contributed by atoms with Gasteiger partial charge in [-0.05, 0) is 67.1 Å². The molecule has 0 fully saturated rings. The largest absolute Gasteiger partial charge is 0.573 e. The third kappa shape index (κ3) is 4.94. The van der Waals surface area contributed by atoms with Gasteiger partial charge in [-0.1, -0.05) is 12.1 Å². The molecule has 0 bridgehead atoms. The summed E-state index contributed by atoms with van der Waals surface area (Å²) in [6, 6.07) is 13.3. The Morgan fingerprint density at radius 1 is 1.00 bits per heavy atom. The van der Waals surface area contributed by atoms with E-state index in [1.54, 1.807) is 40.5 Å². The number of halogens is 3. The predicted molar refractivity (Wildman–Crippen MR) is 116 cm³/mol. The van der Waals surface area contributed by atoms with Crippen molar-refractivity contribution in [2.24, 2.45) is 0 Å². The first kappa shape index (κ1) is 21.9. The molecule has 0 radical (unpaired) electrons. The Bertz CT molecular complexity index is 1130. The first-order chi connectivity index (χ1) is 15.3. The molecule has 2 amide bonds. The Balaban J connectivity index is 1.48. The van der Waals surface area contributed by atoms with Gasteiger partial charge in [-0.25, -0.2) is 0 Å². The van der Waals surface area contributed by atoms with Gasteiger partial charge in [0.15, 0.2) is 0 Å². The summed E-state index contributed by atoms with van der Waals surface area (Å²) in [5.41, 5.74) is 1.50. The Morgan fingerprint density at radius 3 is 2.50 bits per heavy atom. The molecule has 5 nitrogen and oxygen atoms in total. The van der Waals surface area contributed by atoms with Crippen molar-refractivity contribution in [2.75, 3.05) is 16.8 Å². The highest BCUT2D eigenvalue weighted by molar-refractivity contribution is 7.10. The second-order valence-electron chi connectivity index (χ2n) is 7.22. The lowest BCUT2D eigenvalue weighted by molar-refractivity contribution is -0.274. The molecule has 1 N–H and O–H groups in total. The van der Waals surface area contributed by atoms with Crippen molar-refractivity contribution >= 4 is 34.5 Å². The van der Waals surface area contributed by atoms with Crippen molar-refractivity contribution in [3.63, 3.8) is 0 Å². The third-order valence-corrected chi connectivity index (χ3v) is 6.01. The number of nitrogens with zero attached hydrogens (tertiary/aromatic N) is 1. The van der Waals surface area contributed by atoms with Crippen LogP contribution in [0.5, 0.6) is 5.75 Å². The lowest BCUT2D eigenvalue weighted by atomic mass is 10.1. The maximum absolute atomic E-state index is 13.1. The summed E-state index contributed by atoms with van der Waals surface area (Å²) in [5, 5.41) is 4.52. The minimum atomic E-state index is -4.91. The molecule has 0 saturated heterocycles. The minimum absolute atomic E-state index is 0.131. The van der Waals surface area contributed by atoms with Gasteiger partial charge in [-0.2, -0.15) is 0 Å². The molecule has 166 valence electrons. The first-order valence-corrected chi connectivity index (χ1v) is 10.8. The van der Waals surface area contributed by atoms with Crippen LogP contribution < -0.4 is 15.0 Å². The highest BCUT2D eigenvalue weighted by Gasteiger charge is 2.33. The maximum Gasteiger partial charge on any atom is 0.573 e. The molecular formula is C23H19F3N2O3S. The number of para-hydroxylation sites is 1. The number of nitrogens with one attached hydrogen (secondary N) is 1. The fourth-order valence-corrected chi connectivity index (χ4v) is 4.49. The molecular weight excluding hydrogens is 441 g/mol. The molecule has 2 aromatic carbocycles. The molecule has 1 aliphatic rings. The van der Waals surface area contributed by atoms with Crippen LogP contribution >= 0.6 is 11.3 Å². The zero-order chi connectivity index (χ0) is 22.7. The van der Waals surface area contributed by atoms with Crippen molar-refractivity contribution in [2.45, 2.75) is 25.6 Å². The van der Waals surface area contributed by atoms with Crippen LogP contribution in [0.3, 0.4) is 0 Å². The number of hydrogen-bond donors (Lipinski definition) is 1. The fraction of sp³-hybridized carbons (Fsp3) is 0.217. The van der Waals surface area contributed by atoms with Crippen molar-refractivity contribution in [1.82, 2.24) is 0 Å². The zero-order valence-electron chi connectivity index (χ0n) is 16.8. The summed E-state index contributed by atoms with van der Waals surface area (Å²) in [6.07, 6.45) is -2.00. The molecule has 0 spiro atoms. The standard InChI is InChI=1S/C23H19F3N2O3S/c24-23(25,26)31-19-6-2-1-5-17(19)21(29)27-16-10-8-15(9-11-16)22(30)28-13-4-3-7-20-18(28)12-14-32-20/h1-2,5-6,8-12,14H,3-4,7,13H2,(H,27,29). The van der Waals surface area contributed by atoms with Crippen molar-refractivity contribution in [1.29, 1.82) is 0 Å². The van der Waals surface area contributed by atoms with E-state index in [-0.39, 0.29) is 11.5 Å². The number of anilines is 2. The van der Waals surface area contributed by atoms with Gasteiger partial charge in [-0.15, -0.1) is 24.5 Å². The van der Waals surface area contributed by atoms with E-state index in [9.17, 15) is 22.8 Å². The van der Waals surface area contributed by atoms with Crippen LogP contribution in [0, 0.1) is 0 Å². The highest BCUT2D eigenvalue weighted by atomic mass is 32.1. The summed E-state index contributed by atoms with van der Waals surface area (Å²) >= 11 is 1.64. The van der Waals surface area contributed by atoms with Gasteiger partial charge in [0.25, 0.3) is 11.8 Å². The average Bonchev–Trinajstić information content (AvgIpc) is 3.12. The van der Waals surface area contributed by atoms with Crippen LogP contribution in [0.15, 0.2) is 60.0 Å². The molecule has 0 atom stereocenters. The summed E-state index contributed by atoms with van der Waals surface area (Å²) in [5.74, 6) is -1.47. The predicted octanol–water partition coefficient (Wildman–Crippen LogP) is 5.88. The van der Waals surface area contributed by atoms with Crippen LogP contribution in [0.25, 0.3) is 0 Å². The molecule has 3 aromatic rings. The highest BCUT2D eigenvalue weighted by Crippen LogP contribution is 2.32. The van der Waals surface area contributed by atoms with E-state index in [1.807, 2.05) is 11.4 Å². The number of rotatable bonds is 4. The Kier molecular flexibility index (Phi) is 6.18. The topological polar surface area (TPSA) is 58.6 Å². The number of thiophene rings is 1. The number of fused-ring (bicyclic) bond motifs is 1. The molecule has 1 aliphatic heterocycles. The van der Waals surface area contributed by atoms with Gasteiger partial charge in [0.2, 0.25) is 0 Å². The minimum Gasteiger partial charge on any atom is -0.405 e. The van der Waals surface area contributed by atoms with Crippen LogP contribution in [0.2, 0.25) is 0 Å². The molecule has 0 saturated carbocycles. The van der Waals surface area contributed by atoms with Gasteiger partial charge in [0.05, 0.1) is 11.3 Å². The third-order valence-electron chi connectivity index (χ3n) is 5.04. The number of carbonyl (C=O) groups excluding carboxylic acids is 2. The summed E-state index contributed by atoms with van der Waals surface area (Å²) in [6.45, 7) is 0.636. The van der Waals surface area contributed by atoms with Crippen LogP contribution in [-0.2, 0) is 6.42 Å². The lowest BCUT2D eigenvalue weighted by Gasteiger charge is -2.21. The second kappa shape index (κ2) is 9.04. The molecule has 9 heteroatoms. The number of hydrogen-bond acceptors (Lipinski definition) is 4. The number of alkyl halides is 3. The molecule has 2 heterocycles. The monoisotopic (exact) mass is 460 g/mol. The Labute approximate surface area is 186 Å². The van der Waals surface area contributed by atoms with E-state index in [0.717, 1.165) is 31.0 Å². The van der Waals surface area contributed by atoms with Gasteiger partial charge < -0.3 is 15.0 Å². The zero-order valence-corrected chi connectivity index (χ0v) is 17.6. The molecule has 32 heavy (non-hydrogen) atoms. The number of amides is 2. The number of benzene rings is 2. The Hall–Kier alpha value is -3.33. The van der Waals surface area contributed by atoms with Crippen molar-refractivity contribution in [3.8, 4) is 5.75 Å². The van der Waals surface area contributed by atoms with E-state index < -0.39 is 18.0 Å². The molecule has 0 aliphatic carbocycles. The molecule has 0 unspecified atom stereocenters. The Morgan fingerprint density at radius 2 is 1.75 bits per heavy atom. The van der Waals surface area contributed by atoms with Crippen molar-refractivity contribution < 1.29 is 27.5 Å². The van der Waals surface area contributed by atoms with Gasteiger partial charge >= 0.3 is 6.36 Å². The van der Waals surface area contributed by atoms with Crippen LogP contribution in [0.4, 0.5) is 24.5 Å². The summed E-state index contributed by atoms with van der Waals surface area (Å²) in [7, 11) is 0. The fourth-order valence-electron chi connectivity index (χ4n) is 3.57. The van der Waals surface area contributed by atoms with Crippen LogP contribution in [-0.4, -0.2) is 24.7 Å². The van der Waals surface area contributed by atoms with Gasteiger partial charge in [0, 0.05) is 22.7 Å². The van der Waals surface area contributed by atoms with E-state index >= 15 is 0 Å². The van der Waals surface area contributed by atoms with E-state index in [1.165, 1.54) is 23.1 Å². The number of carbonyl (C=O) groups is 2. The van der Waals surface area contributed by atoms with Gasteiger partial charge in [-0.3, -0.25) is 9.59 Å². The van der Waals surface area contributed by atoms with E-state index in [4.69, 9.17) is 0 Å². The number of aryl methyl sites for hydroxylation is 1. The van der Waals surface area contributed by atoms with Crippen LogP contribution in [0.1, 0.15) is 38.4 Å². The van der Waals surface area contributed by atoms with Crippen molar-refractivity contribution in [3.05, 3.63) is 76.0 Å². The summed E-state index contributed by atoms with van der Waals surface area (Å²) < 4.78 is 41.7. The first-order valence-electron chi connectivity index (χ1n) is 9.96.